The van der Waals surface area contributed by atoms with Crippen molar-refractivity contribution in [3.05, 3.63) is 57.6 Å². The molecule has 2 aromatic carbocycles. The lowest BCUT2D eigenvalue weighted by Crippen LogP contribution is -2.33. The van der Waals surface area contributed by atoms with Crippen molar-refractivity contribution < 1.29 is 9.47 Å². The van der Waals surface area contributed by atoms with Crippen molar-refractivity contribution in [3.8, 4) is 11.5 Å². The minimum absolute atomic E-state index is 0.298. The molecule has 1 aliphatic rings. The van der Waals surface area contributed by atoms with Gasteiger partial charge < -0.3 is 20.1 Å². The Hall–Kier alpha value is -1.46. The SMILES string of the molecule is CCOc1cc(CNCC2CCNCC2)ccc1OCc1c(Cl)cccc1Cl. The number of benzene rings is 2. The molecule has 6 heteroatoms. The minimum Gasteiger partial charge on any atom is -0.490 e. The number of hydrogen-bond donors (Lipinski definition) is 2. The Balaban J connectivity index is 1.60. The lowest BCUT2D eigenvalue weighted by Gasteiger charge is -2.23. The first-order valence-electron chi connectivity index (χ1n) is 9.90. The molecule has 3 rings (SSSR count). The van der Waals surface area contributed by atoms with Crippen molar-refractivity contribution in [3.63, 3.8) is 0 Å². The zero-order valence-corrected chi connectivity index (χ0v) is 17.8. The van der Waals surface area contributed by atoms with E-state index in [2.05, 4.69) is 16.7 Å². The highest BCUT2D eigenvalue weighted by Gasteiger charge is 2.13. The van der Waals surface area contributed by atoms with E-state index >= 15 is 0 Å². The Kier molecular flexibility index (Phi) is 8.28. The average Bonchev–Trinajstić information content (AvgIpc) is 2.70. The number of halogens is 2. The average molecular weight is 423 g/mol. The van der Waals surface area contributed by atoms with E-state index in [1.807, 2.05) is 37.3 Å². The summed E-state index contributed by atoms with van der Waals surface area (Å²) in [6.07, 6.45) is 2.49. The van der Waals surface area contributed by atoms with Crippen LogP contribution in [-0.2, 0) is 13.2 Å². The fourth-order valence-electron chi connectivity index (χ4n) is 3.38. The molecule has 0 radical (unpaired) electrons. The summed E-state index contributed by atoms with van der Waals surface area (Å²) in [7, 11) is 0. The van der Waals surface area contributed by atoms with Crippen LogP contribution in [0.5, 0.6) is 11.5 Å². The molecular weight excluding hydrogens is 395 g/mol. The van der Waals surface area contributed by atoms with Crippen LogP contribution in [0.2, 0.25) is 10.0 Å². The van der Waals surface area contributed by atoms with Gasteiger partial charge in [0.2, 0.25) is 0 Å². The van der Waals surface area contributed by atoms with E-state index in [0.29, 0.717) is 29.0 Å². The van der Waals surface area contributed by atoms with Crippen molar-refractivity contribution in [2.75, 3.05) is 26.2 Å². The van der Waals surface area contributed by atoms with Crippen molar-refractivity contribution in [1.29, 1.82) is 0 Å². The highest BCUT2D eigenvalue weighted by molar-refractivity contribution is 6.35. The van der Waals surface area contributed by atoms with Gasteiger partial charge in [0, 0.05) is 22.2 Å². The third-order valence-corrected chi connectivity index (χ3v) is 5.67. The van der Waals surface area contributed by atoms with Crippen LogP contribution in [0, 0.1) is 5.92 Å². The van der Waals surface area contributed by atoms with Gasteiger partial charge in [-0.2, -0.15) is 0 Å². The van der Waals surface area contributed by atoms with Gasteiger partial charge in [0.05, 0.1) is 6.61 Å². The van der Waals surface area contributed by atoms with Crippen LogP contribution in [0.25, 0.3) is 0 Å². The molecule has 28 heavy (non-hydrogen) atoms. The lowest BCUT2D eigenvalue weighted by molar-refractivity contribution is 0.269. The summed E-state index contributed by atoms with van der Waals surface area (Å²) in [6.45, 7) is 6.97. The second-order valence-corrected chi connectivity index (χ2v) is 7.84. The molecule has 1 aliphatic heterocycles. The van der Waals surface area contributed by atoms with E-state index in [0.717, 1.165) is 43.4 Å². The van der Waals surface area contributed by atoms with Crippen molar-refractivity contribution >= 4 is 23.2 Å². The smallest absolute Gasteiger partial charge is 0.161 e. The van der Waals surface area contributed by atoms with Gasteiger partial charge in [0.15, 0.2) is 11.5 Å². The first-order valence-corrected chi connectivity index (χ1v) is 10.7. The van der Waals surface area contributed by atoms with Gasteiger partial charge >= 0.3 is 0 Å². The van der Waals surface area contributed by atoms with Crippen molar-refractivity contribution in [2.24, 2.45) is 5.92 Å². The molecule has 0 atom stereocenters. The molecule has 1 saturated heterocycles. The van der Waals surface area contributed by atoms with Gasteiger partial charge in [-0.3, -0.25) is 0 Å². The Morgan fingerprint density at radius 1 is 1.04 bits per heavy atom. The van der Waals surface area contributed by atoms with E-state index < -0.39 is 0 Å². The zero-order chi connectivity index (χ0) is 19.8. The molecule has 0 aromatic heterocycles. The normalized spacial score (nSPS) is 14.8. The van der Waals surface area contributed by atoms with Crippen LogP contribution < -0.4 is 20.1 Å². The molecule has 152 valence electrons. The monoisotopic (exact) mass is 422 g/mol. The highest BCUT2D eigenvalue weighted by Crippen LogP contribution is 2.31. The Labute approximate surface area is 177 Å². The number of hydrogen-bond acceptors (Lipinski definition) is 4. The summed E-state index contributed by atoms with van der Waals surface area (Å²) >= 11 is 12.5. The fourth-order valence-corrected chi connectivity index (χ4v) is 3.88. The molecule has 4 nitrogen and oxygen atoms in total. The quantitative estimate of drug-likeness (QED) is 0.592. The second-order valence-electron chi connectivity index (χ2n) is 7.03. The van der Waals surface area contributed by atoms with E-state index in [-0.39, 0.29) is 0 Å². The molecule has 0 aliphatic carbocycles. The van der Waals surface area contributed by atoms with Crippen molar-refractivity contribution in [1.82, 2.24) is 10.6 Å². The van der Waals surface area contributed by atoms with Crippen LogP contribution >= 0.6 is 23.2 Å². The molecule has 2 aromatic rings. The van der Waals surface area contributed by atoms with Gasteiger partial charge in [0.1, 0.15) is 6.61 Å². The van der Waals surface area contributed by atoms with E-state index in [1.165, 1.54) is 18.4 Å². The van der Waals surface area contributed by atoms with Crippen LogP contribution in [0.1, 0.15) is 30.9 Å². The van der Waals surface area contributed by atoms with Crippen molar-refractivity contribution in [2.45, 2.75) is 32.9 Å². The summed E-state index contributed by atoms with van der Waals surface area (Å²) in [4.78, 5) is 0. The zero-order valence-electron chi connectivity index (χ0n) is 16.3. The maximum absolute atomic E-state index is 6.24. The number of piperidine rings is 1. The summed E-state index contributed by atoms with van der Waals surface area (Å²) < 4.78 is 11.8. The predicted molar refractivity (Wildman–Crippen MR) is 116 cm³/mol. The Bertz CT molecular complexity index is 744. The van der Waals surface area contributed by atoms with Crippen LogP contribution in [-0.4, -0.2) is 26.2 Å². The molecule has 0 saturated carbocycles. The summed E-state index contributed by atoms with van der Waals surface area (Å²) in [6, 6.07) is 11.5. The number of nitrogens with one attached hydrogen (secondary N) is 2. The number of ether oxygens (including phenoxy) is 2. The molecule has 0 unspecified atom stereocenters. The fraction of sp³-hybridized carbons (Fsp3) is 0.455. The van der Waals surface area contributed by atoms with Gasteiger partial charge in [-0.05, 0) is 75.1 Å². The molecule has 1 heterocycles. The lowest BCUT2D eigenvalue weighted by atomic mass is 9.98. The first kappa shape index (κ1) is 21.3. The molecule has 0 amide bonds. The largest absolute Gasteiger partial charge is 0.490 e. The van der Waals surface area contributed by atoms with Gasteiger partial charge in [-0.1, -0.05) is 35.3 Å². The Morgan fingerprint density at radius 3 is 2.50 bits per heavy atom. The van der Waals surface area contributed by atoms with Gasteiger partial charge in [-0.15, -0.1) is 0 Å². The second kappa shape index (κ2) is 10.9. The van der Waals surface area contributed by atoms with Crippen LogP contribution in [0.3, 0.4) is 0 Å². The molecule has 0 bridgehead atoms. The minimum atomic E-state index is 0.298. The van der Waals surface area contributed by atoms with Gasteiger partial charge in [-0.25, -0.2) is 0 Å². The van der Waals surface area contributed by atoms with Crippen LogP contribution in [0.15, 0.2) is 36.4 Å². The number of rotatable bonds is 9. The summed E-state index contributed by atoms with van der Waals surface area (Å²) in [5.74, 6) is 2.20. The highest BCUT2D eigenvalue weighted by atomic mass is 35.5. The molecule has 1 fully saturated rings. The third-order valence-electron chi connectivity index (χ3n) is 4.96. The molecule has 2 N–H and O–H groups in total. The molecular formula is C22H28Cl2N2O2. The molecule has 0 spiro atoms. The maximum atomic E-state index is 6.24. The van der Waals surface area contributed by atoms with E-state index in [9.17, 15) is 0 Å². The third kappa shape index (κ3) is 6.02. The predicted octanol–water partition coefficient (Wildman–Crippen LogP) is 5.06. The Morgan fingerprint density at radius 2 is 1.79 bits per heavy atom. The first-order chi connectivity index (χ1) is 13.7. The standard InChI is InChI=1S/C22H28Cl2N2O2/c1-2-27-22-12-17(14-26-13-16-8-10-25-11-9-16)6-7-21(22)28-15-18-19(23)4-3-5-20(18)24/h3-7,12,16,25-26H,2,8-11,13-15H2,1H3. The van der Waals surface area contributed by atoms with Crippen LogP contribution in [0.4, 0.5) is 0 Å². The maximum Gasteiger partial charge on any atom is 0.161 e. The topological polar surface area (TPSA) is 42.5 Å². The van der Waals surface area contributed by atoms with E-state index in [4.69, 9.17) is 32.7 Å². The van der Waals surface area contributed by atoms with E-state index in [1.54, 1.807) is 0 Å². The summed E-state index contributed by atoms with van der Waals surface area (Å²) in [5.41, 5.74) is 1.96. The summed E-state index contributed by atoms with van der Waals surface area (Å²) in [5, 5.41) is 8.18. The van der Waals surface area contributed by atoms with Gasteiger partial charge in [0.25, 0.3) is 0 Å².